The van der Waals surface area contributed by atoms with E-state index in [1.165, 1.54) is 6.07 Å². The van der Waals surface area contributed by atoms with E-state index < -0.39 is 32.3 Å². The highest BCUT2D eigenvalue weighted by Gasteiger charge is 2.22. The van der Waals surface area contributed by atoms with Crippen molar-refractivity contribution in [3.8, 4) is 0 Å². The summed E-state index contributed by atoms with van der Waals surface area (Å²) < 4.78 is 63.8. The van der Waals surface area contributed by atoms with Crippen molar-refractivity contribution in [1.82, 2.24) is 15.0 Å². The van der Waals surface area contributed by atoms with E-state index in [-0.39, 0.29) is 16.8 Å². The van der Waals surface area contributed by atoms with Crippen LogP contribution >= 0.6 is 18.2 Å². The second-order valence-corrected chi connectivity index (χ2v) is 7.19. The van der Waals surface area contributed by atoms with Crippen LogP contribution in [-0.2, 0) is 19.5 Å². The number of hydrogen-bond acceptors (Lipinski definition) is 7. The van der Waals surface area contributed by atoms with Crippen molar-refractivity contribution in [2.75, 3.05) is 14.1 Å². The Kier molecular flexibility index (Phi) is 2.51. The minimum Gasteiger partial charge on any atom is -0.304 e. The lowest BCUT2D eigenvalue weighted by Gasteiger charge is -2.12. The summed E-state index contributed by atoms with van der Waals surface area (Å²) in [6, 6.07) is 6.36. The van der Waals surface area contributed by atoms with E-state index in [0.717, 1.165) is 4.68 Å². The van der Waals surface area contributed by atoms with Crippen LogP contribution in [0.3, 0.4) is 0 Å². The molecule has 0 spiro atoms. The summed E-state index contributed by atoms with van der Waals surface area (Å²) in [6.45, 7) is -4.64. The van der Waals surface area contributed by atoms with E-state index in [1.807, 2.05) is 0 Å². The van der Waals surface area contributed by atoms with E-state index in [1.54, 1.807) is 18.2 Å². The highest BCUT2D eigenvalue weighted by atomic mass is 32.7. The van der Waals surface area contributed by atoms with Crippen molar-refractivity contribution in [3.05, 3.63) is 34.6 Å². The molecule has 102 valence electrons. The second kappa shape index (κ2) is 5.83. The number of rotatable bonds is 5. The van der Waals surface area contributed by atoms with E-state index in [9.17, 15) is 9.36 Å². The molecule has 0 amide bonds. The molecule has 0 aliphatic rings. The first-order chi connectivity index (χ1) is 11.4. The minimum atomic E-state index is -4.64. The predicted octanol–water partition coefficient (Wildman–Crippen LogP) is 1.88. The van der Waals surface area contributed by atoms with Gasteiger partial charge in [-0.25, -0.2) is 4.57 Å². The normalized spacial score (nSPS) is 17.9. The fourth-order valence-electron chi connectivity index (χ4n) is 1.30. The molecule has 0 aliphatic heterocycles. The average Bonchev–Trinajstić information content (AvgIpc) is 2.43. The molecule has 2 rings (SSSR count). The Balaban J connectivity index is 2.27. The summed E-state index contributed by atoms with van der Waals surface area (Å²) >= 11 is 0.205. The van der Waals surface area contributed by atoms with Gasteiger partial charge in [0.25, 0.3) is 5.56 Å². The molecule has 0 bridgehead atoms. The van der Waals surface area contributed by atoms with Crippen LogP contribution in [0.4, 0.5) is 0 Å². The fourth-order valence-corrected chi connectivity index (χ4v) is 2.94. The maximum absolute atomic E-state index is 12.4. The Labute approximate surface area is 121 Å². The van der Waals surface area contributed by atoms with Crippen molar-refractivity contribution in [1.29, 1.82) is 0 Å². The SMILES string of the molecule is [2H]C([2H])([2H])OP(=O)(OC([2H])([2H])[2H])SCn1nnc2ccccc2c1=O. The highest BCUT2D eigenvalue weighted by molar-refractivity contribution is 8.54. The summed E-state index contributed by atoms with van der Waals surface area (Å²) in [5.74, 6) is -0.486. The van der Waals surface area contributed by atoms with Gasteiger partial charge >= 0.3 is 6.80 Å². The third kappa shape index (κ3) is 3.03. The van der Waals surface area contributed by atoms with Crippen LogP contribution in [0.25, 0.3) is 10.9 Å². The standard InChI is InChI=1S/C10H12N3O4PS/c1-16-18(15,17-2)19-7-13-10(14)8-5-3-4-6-9(8)11-12-13/h3-6H,7H2,1-2H3/i1D3,2D3. The smallest absolute Gasteiger partial charge is 0.304 e. The first-order valence-corrected chi connectivity index (χ1v) is 8.01. The van der Waals surface area contributed by atoms with Crippen molar-refractivity contribution < 1.29 is 21.8 Å². The molecule has 1 aromatic carbocycles. The van der Waals surface area contributed by atoms with Gasteiger partial charge in [0.1, 0.15) is 11.4 Å². The van der Waals surface area contributed by atoms with E-state index in [2.05, 4.69) is 19.4 Å². The number of hydrogen-bond donors (Lipinski definition) is 0. The molecule has 1 heterocycles. The molecule has 0 saturated heterocycles. The molecular formula is C10H12N3O4PS. The number of benzene rings is 1. The first-order valence-electron chi connectivity index (χ1n) is 7.87. The van der Waals surface area contributed by atoms with Gasteiger partial charge in [0.15, 0.2) is 0 Å². The topological polar surface area (TPSA) is 83.3 Å². The van der Waals surface area contributed by atoms with Gasteiger partial charge in [-0.3, -0.25) is 4.79 Å². The number of aromatic nitrogens is 3. The van der Waals surface area contributed by atoms with Crippen LogP contribution in [0.15, 0.2) is 29.1 Å². The van der Waals surface area contributed by atoms with Gasteiger partial charge in [0.05, 0.1) is 13.6 Å². The first kappa shape index (κ1) is 8.16. The van der Waals surface area contributed by atoms with Crippen LogP contribution in [0.1, 0.15) is 8.22 Å². The molecule has 0 radical (unpaired) electrons. The molecule has 0 unspecified atom stereocenters. The Morgan fingerprint density at radius 3 is 2.89 bits per heavy atom. The Morgan fingerprint density at radius 1 is 1.42 bits per heavy atom. The van der Waals surface area contributed by atoms with Crippen LogP contribution in [0, 0.1) is 0 Å². The van der Waals surface area contributed by atoms with Gasteiger partial charge < -0.3 is 9.05 Å². The maximum Gasteiger partial charge on any atom is 0.390 e. The van der Waals surface area contributed by atoms with Crippen LogP contribution in [0.2, 0.25) is 0 Å². The number of fused-ring (bicyclic) bond motifs is 1. The summed E-state index contributed by atoms with van der Waals surface area (Å²) in [6.07, 6.45) is 0. The third-order valence-electron chi connectivity index (χ3n) is 2.19. The lowest BCUT2D eigenvalue weighted by Crippen LogP contribution is -2.23. The minimum absolute atomic E-state index is 0.205. The zero-order chi connectivity index (χ0) is 18.9. The largest absolute Gasteiger partial charge is 0.390 e. The van der Waals surface area contributed by atoms with Gasteiger partial charge in [-0.05, 0) is 23.5 Å². The monoisotopic (exact) mass is 307 g/mol. The Morgan fingerprint density at radius 2 is 2.16 bits per heavy atom. The molecule has 0 fully saturated rings. The Bertz CT molecular complexity index is 850. The zero-order valence-corrected chi connectivity index (χ0v) is 11.1. The second-order valence-electron chi connectivity index (χ2n) is 3.30. The average molecular weight is 307 g/mol. The zero-order valence-electron chi connectivity index (χ0n) is 15.3. The molecule has 0 aliphatic carbocycles. The predicted molar refractivity (Wildman–Crippen MR) is 73.0 cm³/mol. The molecule has 0 atom stereocenters. The lowest BCUT2D eigenvalue weighted by molar-refractivity contribution is 0.295. The van der Waals surface area contributed by atoms with Gasteiger partial charge in [0, 0.05) is 14.1 Å². The van der Waals surface area contributed by atoms with Crippen molar-refractivity contribution in [2.45, 2.75) is 5.88 Å². The highest BCUT2D eigenvalue weighted by Crippen LogP contribution is 2.59. The summed E-state index contributed by atoms with van der Waals surface area (Å²) in [5, 5.41) is 7.66. The molecule has 7 nitrogen and oxygen atoms in total. The lowest BCUT2D eigenvalue weighted by atomic mass is 10.2. The third-order valence-corrected chi connectivity index (χ3v) is 5.06. The van der Waals surface area contributed by atoms with E-state index >= 15 is 0 Å². The van der Waals surface area contributed by atoms with Gasteiger partial charge in [-0.1, -0.05) is 17.3 Å². The molecule has 19 heavy (non-hydrogen) atoms. The molecule has 9 heteroatoms. The quantitative estimate of drug-likeness (QED) is 0.780. The van der Waals surface area contributed by atoms with Crippen LogP contribution in [-0.4, -0.2) is 29.1 Å². The Hall–Kier alpha value is -1.21. The van der Waals surface area contributed by atoms with Crippen molar-refractivity contribution >= 4 is 29.1 Å². The van der Waals surface area contributed by atoms with E-state index in [0.29, 0.717) is 5.52 Å². The molecule has 1 aromatic heterocycles. The van der Waals surface area contributed by atoms with Crippen LogP contribution < -0.4 is 5.56 Å². The molecule has 2 aromatic rings. The molecular weight excluding hydrogens is 289 g/mol. The summed E-state index contributed by atoms with van der Waals surface area (Å²) in [4.78, 5) is 12.3. The van der Waals surface area contributed by atoms with Crippen LogP contribution in [0.5, 0.6) is 0 Å². The molecule has 0 N–H and O–H groups in total. The fraction of sp³-hybridized carbons (Fsp3) is 0.300. The maximum atomic E-state index is 12.4. The van der Waals surface area contributed by atoms with Gasteiger partial charge in [-0.15, -0.1) is 5.10 Å². The van der Waals surface area contributed by atoms with E-state index in [4.69, 9.17) is 8.22 Å². The summed E-state index contributed by atoms with van der Waals surface area (Å²) in [7, 11) is -6.32. The number of nitrogens with zero attached hydrogens (tertiary/aromatic N) is 3. The van der Waals surface area contributed by atoms with Gasteiger partial charge in [-0.2, -0.15) is 4.68 Å². The summed E-state index contributed by atoms with van der Waals surface area (Å²) in [5.41, 5.74) is -0.234. The van der Waals surface area contributed by atoms with Gasteiger partial charge in [0.2, 0.25) is 0 Å². The van der Waals surface area contributed by atoms with Crippen molar-refractivity contribution in [3.63, 3.8) is 0 Å². The van der Waals surface area contributed by atoms with Crippen molar-refractivity contribution in [2.24, 2.45) is 0 Å². The molecule has 0 saturated carbocycles.